The monoisotopic (exact) mass is 441 g/mol. The molecule has 0 saturated carbocycles. The molecule has 1 heterocycles. The van der Waals surface area contributed by atoms with Crippen molar-refractivity contribution in [3.05, 3.63) is 90.0 Å². The highest BCUT2D eigenvalue weighted by atomic mass is 16.2. The first kappa shape index (κ1) is 22.3. The number of carbonyl (C=O) groups is 3. The van der Waals surface area contributed by atoms with Crippen molar-refractivity contribution in [3.8, 4) is 11.1 Å². The number of carbonyl (C=O) groups excluding carboxylic acids is 3. The number of imide groups is 1. The van der Waals surface area contributed by atoms with E-state index in [-0.39, 0.29) is 6.54 Å². The van der Waals surface area contributed by atoms with Gasteiger partial charge in [-0.05, 0) is 47.7 Å². The van der Waals surface area contributed by atoms with Gasteiger partial charge in [0.25, 0.3) is 5.91 Å². The molecule has 6 nitrogen and oxygen atoms in total. The molecule has 0 radical (unpaired) electrons. The van der Waals surface area contributed by atoms with E-state index in [4.69, 9.17) is 0 Å². The highest BCUT2D eigenvalue weighted by Crippen LogP contribution is 2.29. The summed E-state index contributed by atoms with van der Waals surface area (Å²) < 4.78 is 0. The molecule has 6 heteroatoms. The van der Waals surface area contributed by atoms with Crippen molar-refractivity contribution in [1.82, 2.24) is 10.2 Å². The van der Waals surface area contributed by atoms with Gasteiger partial charge in [0.1, 0.15) is 12.1 Å². The minimum absolute atomic E-state index is 0.353. The Labute approximate surface area is 193 Å². The Balaban J connectivity index is 1.41. The lowest BCUT2D eigenvalue weighted by Crippen LogP contribution is -2.42. The summed E-state index contributed by atoms with van der Waals surface area (Å²) in [6.45, 7) is 3.42. The maximum absolute atomic E-state index is 13.1. The summed E-state index contributed by atoms with van der Waals surface area (Å²) in [5.74, 6) is -0.876. The van der Waals surface area contributed by atoms with Gasteiger partial charge < -0.3 is 10.6 Å². The van der Waals surface area contributed by atoms with Crippen molar-refractivity contribution in [2.75, 3.05) is 11.9 Å². The third kappa shape index (κ3) is 4.65. The zero-order valence-electron chi connectivity index (χ0n) is 18.8. The number of hydrogen-bond donors (Lipinski definition) is 2. The maximum atomic E-state index is 13.1. The third-order valence-corrected chi connectivity index (χ3v) is 5.92. The van der Waals surface area contributed by atoms with E-state index in [2.05, 4.69) is 17.6 Å². The average molecular weight is 442 g/mol. The second-order valence-corrected chi connectivity index (χ2v) is 8.38. The number of anilines is 1. The van der Waals surface area contributed by atoms with Crippen LogP contribution >= 0.6 is 0 Å². The zero-order chi connectivity index (χ0) is 23.4. The minimum atomic E-state index is -1.20. The molecule has 4 rings (SSSR count). The highest BCUT2D eigenvalue weighted by Gasteiger charge is 2.49. The summed E-state index contributed by atoms with van der Waals surface area (Å²) in [4.78, 5) is 39.2. The molecule has 0 aliphatic carbocycles. The summed E-state index contributed by atoms with van der Waals surface area (Å²) in [6.07, 6.45) is 1.99. The van der Waals surface area contributed by atoms with Gasteiger partial charge in [-0.3, -0.25) is 14.5 Å². The fourth-order valence-electron chi connectivity index (χ4n) is 4.05. The Morgan fingerprint density at radius 1 is 0.909 bits per heavy atom. The standard InChI is InChI=1S/C27H27N3O3/c1-3-7-19-10-14-22(15-11-19)27(2)25(32)30(26(33)29-27)18-24(31)28-23-16-12-21(13-17-23)20-8-5-4-6-9-20/h4-6,8-17H,3,7,18H2,1-2H3,(H,28,31)(H,29,33). The molecule has 0 aromatic heterocycles. The Hall–Kier alpha value is -3.93. The van der Waals surface area contributed by atoms with Crippen molar-refractivity contribution in [2.45, 2.75) is 32.2 Å². The fourth-order valence-corrected chi connectivity index (χ4v) is 4.05. The largest absolute Gasteiger partial charge is 0.325 e. The van der Waals surface area contributed by atoms with Gasteiger partial charge in [0.05, 0.1) is 0 Å². The number of urea groups is 1. The first-order valence-electron chi connectivity index (χ1n) is 11.1. The van der Waals surface area contributed by atoms with Crippen LogP contribution in [0.5, 0.6) is 0 Å². The highest BCUT2D eigenvalue weighted by molar-refractivity contribution is 6.10. The maximum Gasteiger partial charge on any atom is 0.325 e. The molecule has 3 aromatic carbocycles. The average Bonchev–Trinajstić information content (AvgIpc) is 3.04. The van der Waals surface area contributed by atoms with Gasteiger partial charge in [0, 0.05) is 5.69 Å². The normalized spacial score (nSPS) is 17.7. The van der Waals surface area contributed by atoms with E-state index >= 15 is 0 Å². The van der Waals surface area contributed by atoms with Gasteiger partial charge in [0.2, 0.25) is 5.91 Å². The first-order chi connectivity index (χ1) is 15.9. The number of aryl methyl sites for hydroxylation is 1. The van der Waals surface area contributed by atoms with E-state index in [0.717, 1.165) is 28.9 Å². The molecule has 0 spiro atoms. The molecule has 1 unspecified atom stereocenters. The molecule has 1 aliphatic heterocycles. The number of nitrogens with zero attached hydrogens (tertiary/aromatic N) is 1. The quantitative estimate of drug-likeness (QED) is 0.521. The smallest absolute Gasteiger partial charge is 0.325 e. The van der Waals surface area contributed by atoms with E-state index in [1.54, 1.807) is 19.1 Å². The van der Waals surface area contributed by atoms with Crippen LogP contribution in [0.4, 0.5) is 10.5 Å². The zero-order valence-corrected chi connectivity index (χ0v) is 18.8. The van der Waals surface area contributed by atoms with E-state index in [1.165, 1.54) is 5.56 Å². The first-order valence-corrected chi connectivity index (χ1v) is 11.1. The lowest BCUT2D eigenvalue weighted by molar-refractivity contribution is -0.133. The summed E-state index contributed by atoms with van der Waals surface area (Å²) in [5.41, 5.74) is 3.39. The molecule has 2 N–H and O–H groups in total. The van der Waals surface area contributed by atoms with E-state index < -0.39 is 23.4 Å². The summed E-state index contributed by atoms with van der Waals surface area (Å²) in [5, 5.41) is 5.51. The molecule has 1 saturated heterocycles. The van der Waals surface area contributed by atoms with Crippen molar-refractivity contribution >= 4 is 23.5 Å². The minimum Gasteiger partial charge on any atom is -0.325 e. The van der Waals surface area contributed by atoms with Crippen LogP contribution < -0.4 is 10.6 Å². The summed E-state index contributed by atoms with van der Waals surface area (Å²) in [6, 6.07) is 24.4. The van der Waals surface area contributed by atoms with E-state index in [0.29, 0.717) is 11.3 Å². The van der Waals surface area contributed by atoms with Crippen LogP contribution in [0, 0.1) is 0 Å². The second-order valence-electron chi connectivity index (χ2n) is 8.38. The van der Waals surface area contributed by atoms with Gasteiger partial charge in [-0.2, -0.15) is 0 Å². The molecule has 4 amide bonds. The Kier molecular flexibility index (Phi) is 6.27. The predicted molar refractivity (Wildman–Crippen MR) is 129 cm³/mol. The molecule has 0 bridgehead atoms. The lowest BCUT2D eigenvalue weighted by Gasteiger charge is -2.22. The molecule has 168 valence electrons. The third-order valence-electron chi connectivity index (χ3n) is 5.92. The molecular weight excluding hydrogens is 414 g/mol. The lowest BCUT2D eigenvalue weighted by atomic mass is 9.91. The predicted octanol–water partition coefficient (Wildman–Crippen LogP) is 4.71. The Bertz CT molecular complexity index is 1160. The molecule has 33 heavy (non-hydrogen) atoms. The van der Waals surface area contributed by atoms with E-state index in [1.807, 2.05) is 66.7 Å². The van der Waals surface area contributed by atoms with Gasteiger partial charge in [-0.15, -0.1) is 0 Å². The van der Waals surface area contributed by atoms with Gasteiger partial charge in [0.15, 0.2) is 0 Å². The fraction of sp³-hybridized carbons (Fsp3) is 0.222. The van der Waals surface area contributed by atoms with Crippen molar-refractivity contribution < 1.29 is 14.4 Å². The van der Waals surface area contributed by atoms with Gasteiger partial charge >= 0.3 is 6.03 Å². The number of hydrogen-bond acceptors (Lipinski definition) is 3. The van der Waals surface area contributed by atoms with Crippen molar-refractivity contribution in [1.29, 1.82) is 0 Å². The molecule has 1 fully saturated rings. The summed E-state index contributed by atoms with van der Waals surface area (Å²) >= 11 is 0. The van der Waals surface area contributed by atoms with Crippen LogP contribution in [0.2, 0.25) is 0 Å². The molecule has 3 aromatic rings. The van der Waals surface area contributed by atoms with Crippen molar-refractivity contribution in [2.24, 2.45) is 0 Å². The topological polar surface area (TPSA) is 78.5 Å². The summed E-state index contributed by atoms with van der Waals surface area (Å²) in [7, 11) is 0. The van der Waals surface area contributed by atoms with E-state index in [9.17, 15) is 14.4 Å². The number of amides is 4. The molecule has 1 aliphatic rings. The Morgan fingerprint density at radius 3 is 2.18 bits per heavy atom. The number of nitrogens with one attached hydrogen (secondary N) is 2. The number of rotatable bonds is 7. The molecule has 1 atom stereocenters. The van der Waals surface area contributed by atoms with Crippen LogP contribution in [-0.2, 0) is 21.5 Å². The van der Waals surface area contributed by atoms with Crippen LogP contribution in [-0.4, -0.2) is 29.3 Å². The van der Waals surface area contributed by atoms with Crippen LogP contribution in [0.15, 0.2) is 78.9 Å². The SMILES string of the molecule is CCCc1ccc(C2(C)NC(=O)N(CC(=O)Nc3ccc(-c4ccccc4)cc3)C2=O)cc1. The van der Waals surface area contributed by atoms with Gasteiger partial charge in [-0.25, -0.2) is 4.79 Å². The van der Waals surface area contributed by atoms with Gasteiger partial charge in [-0.1, -0.05) is 80.1 Å². The van der Waals surface area contributed by atoms with Crippen LogP contribution in [0.1, 0.15) is 31.4 Å². The van der Waals surface area contributed by atoms with Crippen LogP contribution in [0.3, 0.4) is 0 Å². The van der Waals surface area contributed by atoms with Crippen molar-refractivity contribution in [3.63, 3.8) is 0 Å². The second kappa shape index (κ2) is 9.28. The van der Waals surface area contributed by atoms with Crippen LogP contribution in [0.25, 0.3) is 11.1 Å². The molecular formula is C27H27N3O3. The Morgan fingerprint density at radius 2 is 1.55 bits per heavy atom. The number of benzene rings is 3.